The zero-order valence-corrected chi connectivity index (χ0v) is 15.1. The van der Waals surface area contributed by atoms with Crippen LogP contribution in [0.25, 0.3) is 0 Å². The second kappa shape index (κ2) is 8.54. The van der Waals surface area contributed by atoms with Gasteiger partial charge in [0.1, 0.15) is 0 Å². The molecular formula is C19H24IN. The maximum atomic E-state index is 3.69. The van der Waals surface area contributed by atoms with Crippen molar-refractivity contribution in [2.45, 2.75) is 39.2 Å². The molecule has 21 heavy (non-hydrogen) atoms. The highest BCUT2D eigenvalue weighted by atomic mass is 127. The zero-order chi connectivity index (χ0) is 15.1. The van der Waals surface area contributed by atoms with Crippen molar-refractivity contribution in [3.05, 3.63) is 68.8 Å². The Morgan fingerprint density at radius 2 is 1.67 bits per heavy atom. The third-order valence-corrected chi connectivity index (χ3v) is 4.65. The van der Waals surface area contributed by atoms with E-state index in [-0.39, 0.29) is 6.04 Å². The van der Waals surface area contributed by atoms with Gasteiger partial charge in [-0.2, -0.15) is 0 Å². The van der Waals surface area contributed by atoms with Crippen LogP contribution in [0.15, 0.2) is 48.5 Å². The van der Waals surface area contributed by atoms with Crippen LogP contribution in [0.2, 0.25) is 0 Å². The van der Waals surface area contributed by atoms with Crippen LogP contribution in [0.1, 0.15) is 49.4 Å². The molecule has 1 N–H and O–H groups in total. The minimum Gasteiger partial charge on any atom is -0.306 e. The Bertz CT molecular complexity index is 548. The van der Waals surface area contributed by atoms with Crippen LogP contribution in [0.4, 0.5) is 0 Å². The molecule has 0 saturated heterocycles. The fraction of sp³-hybridized carbons (Fsp3) is 0.368. The maximum absolute atomic E-state index is 3.69. The Balaban J connectivity index is 2.29. The smallest absolute Gasteiger partial charge is 0.0587 e. The Labute approximate surface area is 142 Å². The number of benzene rings is 2. The molecule has 2 aromatic rings. The van der Waals surface area contributed by atoms with Gasteiger partial charge in [-0.25, -0.2) is 0 Å². The summed E-state index contributed by atoms with van der Waals surface area (Å²) in [7, 11) is 0. The van der Waals surface area contributed by atoms with Crippen molar-refractivity contribution in [3.8, 4) is 0 Å². The minimum atomic E-state index is 0.286. The molecule has 2 heteroatoms. The first-order valence-corrected chi connectivity index (χ1v) is 8.90. The number of rotatable bonds is 7. The molecule has 0 bridgehead atoms. The second-order valence-corrected chi connectivity index (χ2v) is 6.56. The van der Waals surface area contributed by atoms with Gasteiger partial charge < -0.3 is 5.32 Å². The molecule has 0 amide bonds. The van der Waals surface area contributed by atoms with Crippen molar-refractivity contribution in [2.75, 3.05) is 6.54 Å². The van der Waals surface area contributed by atoms with Crippen LogP contribution in [-0.4, -0.2) is 6.54 Å². The fourth-order valence-corrected chi connectivity index (χ4v) is 3.27. The van der Waals surface area contributed by atoms with Crippen molar-refractivity contribution in [3.63, 3.8) is 0 Å². The predicted octanol–water partition coefficient (Wildman–Crippen LogP) is 5.33. The van der Waals surface area contributed by atoms with E-state index in [4.69, 9.17) is 0 Å². The molecule has 1 atom stereocenters. The lowest BCUT2D eigenvalue weighted by Gasteiger charge is -2.21. The maximum Gasteiger partial charge on any atom is 0.0587 e. The van der Waals surface area contributed by atoms with Crippen LogP contribution in [0.5, 0.6) is 0 Å². The lowest BCUT2D eigenvalue weighted by molar-refractivity contribution is 0.596. The van der Waals surface area contributed by atoms with Gasteiger partial charge in [-0.05, 0) is 64.7 Å². The summed E-state index contributed by atoms with van der Waals surface area (Å²) in [4.78, 5) is 0. The Morgan fingerprint density at radius 1 is 0.952 bits per heavy atom. The minimum absolute atomic E-state index is 0.286. The van der Waals surface area contributed by atoms with Crippen molar-refractivity contribution in [2.24, 2.45) is 0 Å². The Hall–Kier alpha value is -0.870. The standard InChI is InChI=1S/C19H24IN/c1-3-7-15-10-12-16(13-11-15)19(21-14-4-2)17-8-5-6-9-18(17)20/h5-6,8-13,19,21H,3-4,7,14H2,1-2H3. The van der Waals surface area contributed by atoms with Gasteiger partial charge in [0.15, 0.2) is 0 Å². The van der Waals surface area contributed by atoms with Crippen LogP contribution in [0.3, 0.4) is 0 Å². The topological polar surface area (TPSA) is 12.0 Å². The molecule has 2 aromatic carbocycles. The summed E-state index contributed by atoms with van der Waals surface area (Å²) < 4.78 is 1.32. The van der Waals surface area contributed by atoms with Crippen molar-refractivity contribution < 1.29 is 0 Å². The monoisotopic (exact) mass is 393 g/mol. The van der Waals surface area contributed by atoms with Gasteiger partial charge in [0.05, 0.1) is 6.04 Å². The van der Waals surface area contributed by atoms with E-state index in [1.807, 2.05) is 0 Å². The van der Waals surface area contributed by atoms with Gasteiger partial charge in [0.2, 0.25) is 0 Å². The fourth-order valence-electron chi connectivity index (χ4n) is 2.57. The quantitative estimate of drug-likeness (QED) is 0.627. The average molecular weight is 393 g/mol. The van der Waals surface area contributed by atoms with E-state index >= 15 is 0 Å². The molecule has 0 aromatic heterocycles. The molecule has 1 nitrogen and oxygen atoms in total. The molecule has 0 radical (unpaired) electrons. The molecule has 0 saturated carbocycles. The Kier molecular flexibility index (Phi) is 6.71. The molecule has 112 valence electrons. The Morgan fingerprint density at radius 3 is 2.29 bits per heavy atom. The van der Waals surface area contributed by atoms with E-state index in [2.05, 4.69) is 90.3 Å². The van der Waals surface area contributed by atoms with Gasteiger partial charge in [-0.3, -0.25) is 0 Å². The summed E-state index contributed by atoms with van der Waals surface area (Å²) in [5.41, 5.74) is 4.15. The summed E-state index contributed by atoms with van der Waals surface area (Å²) in [5.74, 6) is 0. The molecule has 0 aliphatic heterocycles. The van der Waals surface area contributed by atoms with Crippen LogP contribution >= 0.6 is 22.6 Å². The lowest BCUT2D eigenvalue weighted by atomic mass is 9.97. The van der Waals surface area contributed by atoms with Gasteiger partial charge in [-0.1, -0.05) is 62.7 Å². The molecule has 2 rings (SSSR count). The number of hydrogen-bond acceptors (Lipinski definition) is 1. The molecule has 1 unspecified atom stereocenters. The van der Waals surface area contributed by atoms with Crippen molar-refractivity contribution in [1.29, 1.82) is 0 Å². The van der Waals surface area contributed by atoms with Gasteiger partial charge >= 0.3 is 0 Å². The third kappa shape index (κ3) is 4.55. The summed E-state index contributed by atoms with van der Waals surface area (Å²) in [6, 6.07) is 18.0. The summed E-state index contributed by atoms with van der Waals surface area (Å²) in [6.07, 6.45) is 3.51. The third-order valence-electron chi connectivity index (χ3n) is 3.67. The van der Waals surface area contributed by atoms with E-state index in [0.29, 0.717) is 0 Å². The summed E-state index contributed by atoms with van der Waals surface area (Å²) in [5, 5.41) is 3.69. The van der Waals surface area contributed by atoms with E-state index in [9.17, 15) is 0 Å². The van der Waals surface area contributed by atoms with Gasteiger partial charge in [0, 0.05) is 3.57 Å². The number of halogens is 1. The largest absolute Gasteiger partial charge is 0.306 e. The second-order valence-electron chi connectivity index (χ2n) is 5.40. The lowest BCUT2D eigenvalue weighted by Crippen LogP contribution is -2.24. The van der Waals surface area contributed by atoms with E-state index in [1.54, 1.807) is 0 Å². The highest BCUT2D eigenvalue weighted by Crippen LogP contribution is 2.26. The van der Waals surface area contributed by atoms with E-state index in [1.165, 1.54) is 26.7 Å². The molecule has 0 aliphatic rings. The van der Waals surface area contributed by atoms with Crippen LogP contribution in [-0.2, 0) is 6.42 Å². The number of hydrogen-bond donors (Lipinski definition) is 1. The highest BCUT2D eigenvalue weighted by Gasteiger charge is 2.15. The average Bonchev–Trinajstić information content (AvgIpc) is 2.51. The zero-order valence-electron chi connectivity index (χ0n) is 12.9. The summed E-state index contributed by atoms with van der Waals surface area (Å²) in [6.45, 7) is 5.47. The first-order chi connectivity index (χ1) is 10.3. The van der Waals surface area contributed by atoms with Crippen LogP contribution in [0, 0.1) is 3.57 Å². The first kappa shape index (κ1) is 16.5. The first-order valence-electron chi connectivity index (χ1n) is 7.83. The van der Waals surface area contributed by atoms with Crippen molar-refractivity contribution >= 4 is 22.6 Å². The molecule has 0 spiro atoms. The van der Waals surface area contributed by atoms with Gasteiger partial charge in [-0.15, -0.1) is 0 Å². The van der Waals surface area contributed by atoms with E-state index < -0.39 is 0 Å². The predicted molar refractivity (Wildman–Crippen MR) is 99.7 cm³/mol. The summed E-state index contributed by atoms with van der Waals surface area (Å²) >= 11 is 2.43. The molecule has 0 aliphatic carbocycles. The van der Waals surface area contributed by atoms with Crippen molar-refractivity contribution in [1.82, 2.24) is 5.32 Å². The number of aryl methyl sites for hydroxylation is 1. The SMILES string of the molecule is CCCNC(c1ccc(CCC)cc1)c1ccccc1I. The molecule has 0 fully saturated rings. The molecule has 0 heterocycles. The highest BCUT2D eigenvalue weighted by molar-refractivity contribution is 14.1. The van der Waals surface area contributed by atoms with E-state index in [0.717, 1.165) is 19.4 Å². The molecular weight excluding hydrogens is 369 g/mol. The normalized spacial score (nSPS) is 12.3. The number of nitrogens with one attached hydrogen (secondary N) is 1. The van der Waals surface area contributed by atoms with Gasteiger partial charge in [0.25, 0.3) is 0 Å². The van der Waals surface area contributed by atoms with Crippen LogP contribution < -0.4 is 5.32 Å².